The van der Waals surface area contributed by atoms with Gasteiger partial charge in [0.15, 0.2) is 4.34 Å². The fraction of sp³-hybridized carbons (Fsp3) is 0.100. The summed E-state index contributed by atoms with van der Waals surface area (Å²) >= 11 is 8.88. The number of benzene rings is 1. The first-order chi connectivity index (χ1) is 7.28. The van der Waals surface area contributed by atoms with Crippen LogP contribution in [0.5, 0.6) is 5.75 Å². The Morgan fingerprint density at radius 1 is 1.33 bits per heavy atom. The van der Waals surface area contributed by atoms with Gasteiger partial charge in [0.2, 0.25) is 0 Å². The SMILES string of the molecule is COc1ccc(Sc2nc(Cl)cs2)cc1. The number of methoxy groups -OCH3 is 1. The first-order valence-electron chi connectivity index (χ1n) is 4.21. The topological polar surface area (TPSA) is 22.1 Å². The molecule has 0 amide bonds. The maximum Gasteiger partial charge on any atom is 0.156 e. The number of nitrogens with zero attached hydrogens (tertiary/aromatic N) is 1. The van der Waals surface area contributed by atoms with E-state index in [1.54, 1.807) is 30.2 Å². The second kappa shape index (κ2) is 4.88. The van der Waals surface area contributed by atoms with Gasteiger partial charge in [0.05, 0.1) is 7.11 Å². The number of rotatable bonds is 3. The lowest BCUT2D eigenvalue weighted by atomic mass is 10.3. The molecule has 0 spiro atoms. The van der Waals surface area contributed by atoms with Gasteiger partial charge >= 0.3 is 0 Å². The number of ether oxygens (including phenoxy) is 1. The maximum atomic E-state index is 5.74. The second-order valence-corrected chi connectivity index (χ2v) is 5.28. The second-order valence-electron chi connectivity index (χ2n) is 2.71. The first kappa shape index (κ1) is 10.8. The monoisotopic (exact) mass is 257 g/mol. The molecule has 0 aliphatic heterocycles. The van der Waals surface area contributed by atoms with E-state index in [0.29, 0.717) is 5.15 Å². The predicted molar refractivity (Wildman–Crippen MR) is 64.2 cm³/mol. The lowest BCUT2D eigenvalue weighted by molar-refractivity contribution is 0.414. The van der Waals surface area contributed by atoms with Gasteiger partial charge in [0.25, 0.3) is 0 Å². The number of aromatic nitrogens is 1. The molecular weight excluding hydrogens is 250 g/mol. The smallest absolute Gasteiger partial charge is 0.156 e. The fourth-order valence-electron chi connectivity index (χ4n) is 1.03. The summed E-state index contributed by atoms with van der Waals surface area (Å²) in [6, 6.07) is 7.85. The Bertz CT molecular complexity index is 441. The minimum absolute atomic E-state index is 0.552. The Hall–Kier alpha value is -0.710. The molecule has 2 rings (SSSR count). The van der Waals surface area contributed by atoms with Gasteiger partial charge in [-0.3, -0.25) is 0 Å². The largest absolute Gasteiger partial charge is 0.497 e. The van der Waals surface area contributed by atoms with Crippen LogP contribution in [-0.4, -0.2) is 12.1 Å². The summed E-state index contributed by atoms with van der Waals surface area (Å²) in [6.45, 7) is 0. The molecule has 1 aromatic carbocycles. The number of halogens is 1. The molecule has 0 saturated carbocycles. The molecule has 0 aliphatic carbocycles. The van der Waals surface area contributed by atoms with E-state index in [0.717, 1.165) is 15.0 Å². The highest BCUT2D eigenvalue weighted by Crippen LogP contribution is 2.32. The van der Waals surface area contributed by atoms with Crippen LogP contribution >= 0.6 is 34.7 Å². The zero-order valence-electron chi connectivity index (χ0n) is 7.94. The highest BCUT2D eigenvalue weighted by atomic mass is 35.5. The number of hydrogen-bond donors (Lipinski definition) is 0. The average molecular weight is 258 g/mol. The van der Waals surface area contributed by atoms with Crippen LogP contribution in [0.25, 0.3) is 0 Å². The Balaban J connectivity index is 2.11. The Morgan fingerprint density at radius 3 is 2.60 bits per heavy atom. The molecule has 0 bridgehead atoms. The van der Waals surface area contributed by atoms with Crippen molar-refractivity contribution in [3.8, 4) is 5.75 Å². The summed E-state index contributed by atoms with van der Waals surface area (Å²) in [7, 11) is 1.66. The third kappa shape index (κ3) is 2.87. The third-order valence-corrected chi connectivity index (χ3v) is 3.99. The van der Waals surface area contributed by atoms with Gasteiger partial charge in [-0.25, -0.2) is 4.98 Å². The molecule has 2 aromatic rings. The van der Waals surface area contributed by atoms with Crippen molar-refractivity contribution < 1.29 is 4.74 Å². The van der Waals surface area contributed by atoms with Crippen LogP contribution in [0.2, 0.25) is 5.15 Å². The molecule has 15 heavy (non-hydrogen) atoms. The quantitative estimate of drug-likeness (QED) is 0.831. The van der Waals surface area contributed by atoms with Crippen LogP contribution in [-0.2, 0) is 0 Å². The highest BCUT2D eigenvalue weighted by molar-refractivity contribution is 8.01. The van der Waals surface area contributed by atoms with Crippen molar-refractivity contribution in [2.24, 2.45) is 0 Å². The molecule has 2 nitrogen and oxygen atoms in total. The molecular formula is C10H8ClNOS2. The predicted octanol–water partition coefficient (Wildman–Crippen LogP) is 3.96. The molecule has 0 radical (unpaired) electrons. The average Bonchev–Trinajstić information content (AvgIpc) is 2.65. The van der Waals surface area contributed by atoms with Gasteiger partial charge in [0.1, 0.15) is 10.9 Å². The van der Waals surface area contributed by atoms with Gasteiger partial charge in [-0.05, 0) is 24.3 Å². The molecule has 0 N–H and O–H groups in total. The van der Waals surface area contributed by atoms with E-state index < -0.39 is 0 Å². The van der Waals surface area contributed by atoms with Crippen LogP contribution in [0.1, 0.15) is 0 Å². The first-order valence-corrected chi connectivity index (χ1v) is 6.28. The van der Waals surface area contributed by atoms with E-state index >= 15 is 0 Å². The molecule has 0 unspecified atom stereocenters. The van der Waals surface area contributed by atoms with Gasteiger partial charge in [-0.15, -0.1) is 11.3 Å². The van der Waals surface area contributed by atoms with E-state index in [2.05, 4.69) is 4.98 Å². The van der Waals surface area contributed by atoms with Crippen molar-refractivity contribution in [1.29, 1.82) is 0 Å². The van der Waals surface area contributed by atoms with E-state index in [4.69, 9.17) is 16.3 Å². The van der Waals surface area contributed by atoms with E-state index in [1.807, 2.05) is 29.6 Å². The maximum absolute atomic E-state index is 5.74. The summed E-state index contributed by atoms with van der Waals surface area (Å²) in [4.78, 5) is 5.29. The molecule has 1 aromatic heterocycles. The number of thiazole rings is 1. The molecule has 1 heterocycles. The summed E-state index contributed by atoms with van der Waals surface area (Å²) < 4.78 is 6.03. The summed E-state index contributed by atoms with van der Waals surface area (Å²) in [5.74, 6) is 0.858. The number of hydrogen-bond acceptors (Lipinski definition) is 4. The van der Waals surface area contributed by atoms with Crippen LogP contribution in [0.15, 0.2) is 38.9 Å². The zero-order valence-corrected chi connectivity index (χ0v) is 10.3. The minimum atomic E-state index is 0.552. The van der Waals surface area contributed by atoms with Crippen molar-refractivity contribution in [2.45, 2.75) is 9.24 Å². The van der Waals surface area contributed by atoms with Crippen LogP contribution in [0.4, 0.5) is 0 Å². The standard InChI is InChI=1S/C10H8ClNOS2/c1-13-7-2-4-8(5-3-7)15-10-12-9(11)6-14-10/h2-6H,1H3. The van der Waals surface area contributed by atoms with E-state index in [-0.39, 0.29) is 0 Å². The van der Waals surface area contributed by atoms with Crippen molar-refractivity contribution in [3.63, 3.8) is 0 Å². The molecule has 78 valence electrons. The lowest BCUT2D eigenvalue weighted by Crippen LogP contribution is -1.81. The van der Waals surface area contributed by atoms with Crippen molar-refractivity contribution in [1.82, 2.24) is 4.98 Å². The van der Waals surface area contributed by atoms with Gasteiger partial charge < -0.3 is 4.74 Å². The van der Waals surface area contributed by atoms with Gasteiger partial charge in [0, 0.05) is 10.3 Å². The van der Waals surface area contributed by atoms with Crippen LogP contribution in [0, 0.1) is 0 Å². The minimum Gasteiger partial charge on any atom is -0.497 e. The van der Waals surface area contributed by atoms with E-state index in [9.17, 15) is 0 Å². The molecule has 0 aliphatic rings. The van der Waals surface area contributed by atoms with Gasteiger partial charge in [-0.2, -0.15) is 0 Å². The van der Waals surface area contributed by atoms with Crippen molar-refractivity contribution in [2.75, 3.05) is 7.11 Å². The summed E-state index contributed by atoms with van der Waals surface area (Å²) in [6.07, 6.45) is 0. The Labute approximate surface area is 101 Å². The third-order valence-electron chi connectivity index (χ3n) is 1.72. The van der Waals surface area contributed by atoms with Gasteiger partial charge in [-0.1, -0.05) is 23.4 Å². The zero-order chi connectivity index (χ0) is 10.7. The Kier molecular flexibility index (Phi) is 3.51. The van der Waals surface area contributed by atoms with E-state index in [1.165, 1.54) is 0 Å². The van der Waals surface area contributed by atoms with Crippen molar-refractivity contribution in [3.05, 3.63) is 34.8 Å². The normalized spacial score (nSPS) is 10.3. The summed E-state index contributed by atoms with van der Waals surface area (Å²) in [5.41, 5.74) is 0. The lowest BCUT2D eigenvalue weighted by Gasteiger charge is -2.00. The Morgan fingerprint density at radius 2 is 2.07 bits per heavy atom. The molecule has 0 saturated heterocycles. The molecule has 0 fully saturated rings. The van der Waals surface area contributed by atoms with Crippen LogP contribution in [0.3, 0.4) is 0 Å². The highest BCUT2D eigenvalue weighted by Gasteiger charge is 2.02. The van der Waals surface area contributed by atoms with Crippen LogP contribution < -0.4 is 4.74 Å². The fourth-order valence-corrected chi connectivity index (χ4v) is 2.99. The summed E-state index contributed by atoms with van der Waals surface area (Å²) in [5, 5.41) is 2.38. The van der Waals surface area contributed by atoms with Crippen molar-refractivity contribution >= 4 is 34.7 Å². The molecule has 0 atom stereocenters. The molecule has 5 heteroatoms.